The first-order valence-corrected chi connectivity index (χ1v) is 4.80. The van der Waals surface area contributed by atoms with Gasteiger partial charge in [0.05, 0.1) is 0 Å². The minimum Gasteiger partial charge on any atom is -0.344 e. The van der Waals surface area contributed by atoms with Crippen LogP contribution in [-0.2, 0) is 0 Å². The summed E-state index contributed by atoms with van der Waals surface area (Å²) >= 11 is 0. The summed E-state index contributed by atoms with van der Waals surface area (Å²) in [6.07, 6.45) is 3.46. The lowest BCUT2D eigenvalue weighted by molar-refractivity contribution is 0.181. The molecule has 0 aromatic heterocycles. The number of hydrogen-bond donors (Lipinski definition) is 3. The third-order valence-corrected chi connectivity index (χ3v) is 3.00. The molecule has 0 aliphatic carbocycles. The van der Waals surface area contributed by atoms with Crippen LogP contribution in [0.4, 0.5) is 0 Å². The molecule has 0 amide bonds. The van der Waals surface area contributed by atoms with E-state index in [1.165, 1.54) is 6.42 Å². The van der Waals surface area contributed by atoms with Crippen LogP contribution in [0.5, 0.6) is 0 Å². The topological polar surface area (TPSA) is 87.0 Å². The van der Waals surface area contributed by atoms with Crippen LogP contribution in [-0.4, -0.2) is 12.1 Å². The molecule has 0 heterocycles. The van der Waals surface area contributed by atoms with Crippen LogP contribution in [0.25, 0.3) is 0 Å². The van der Waals surface area contributed by atoms with Crippen LogP contribution in [0.3, 0.4) is 0 Å². The Morgan fingerprint density at radius 3 is 1.71 bits per heavy atom. The SMILES string of the molecule is Br.CC(C)(N)C(C)(C)CCCCN.N. The van der Waals surface area contributed by atoms with Gasteiger partial charge in [0, 0.05) is 5.54 Å². The van der Waals surface area contributed by atoms with Crippen LogP contribution in [0, 0.1) is 5.41 Å². The van der Waals surface area contributed by atoms with Gasteiger partial charge in [-0.1, -0.05) is 20.3 Å². The van der Waals surface area contributed by atoms with E-state index in [2.05, 4.69) is 27.7 Å². The van der Waals surface area contributed by atoms with Gasteiger partial charge in [0.15, 0.2) is 0 Å². The largest absolute Gasteiger partial charge is 0.344 e. The van der Waals surface area contributed by atoms with E-state index in [1.54, 1.807) is 0 Å². The molecule has 0 fully saturated rings. The van der Waals surface area contributed by atoms with Gasteiger partial charge in [0.1, 0.15) is 0 Å². The first kappa shape index (κ1) is 19.9. The van der Waals surface area contributed by atoms with Gasteiger partial charge in [-0.25, -0.2) is 0 Å². The lowest BCUT2D eigenvalue weighted by atomic mass is 9.72. The van der Waals surface area contributed by atoms with Gasteiger partial charge in [-0.2, -0.15) is 0 Å². The van der Waals surface area contributed by atoms with Crippen molar-refractivity contribution in [2.75, 3.05) is 6.54 Å². The molecule has 0 rings (SSSR count). The highest BCUT2D eigenvalue weighted by molar-refractivity contribution is 8.93. The number of rotatable bonds is 5. The Bertz CT molecular complexity index is 130. The summed E-state index contributed by atoms with van der Waals surface area (Å²) in [6.45, 7) is 9.43. The quantitative estimate of drug-likeness (QED) is 0.671. The van der Waals surface area contributed by atoms with Crippen molar-refractivity contribution in [1.29, 1.82) is 0 Å². The number of unbranched alkanes of at least 4 members (excludes halogenated alkanes) is 1. The average Bonchev–Trinajstić information content (AvgIpc) is 1.85. The molecule has 0 aliphatic rings. The fourth-order valence-electron chi connectivity index (χ4n) is 1.03. The Morgan fingerprint density at radius 2 is 1.43 bits per heavy atom. The maximum absolute atomic E-state index is 6.06. The highest BCUT2D eigenvalue weighted by Gasteiger charge is 2.32. The van der Waals surface area contributed by atoms with Crippen LogP contribution in [0.2, 0.25) is 0 Å². The summed E-state index contributed by atoms with van der Waals surface area (Å²) in [5.41, 5.74) is 11.6. The van der Waals surface area contributed by atoms with E-state index in [9.17, 15) is 0 Å². The Kier molecular flexibility index (Phi) is 10.8. The van der Waals surface area contributed by atoms with Crippen molar-refractivity contribution in [3.8, 4) is 0 Å². The Labute approximate surface area is 99.4 Å². The zero-order valence-corrected chi connectivity index (χ0v) is 11.8. The maximum Gasteiger partial charge on any atom is 0.0148 e. The standard InChI is InChI=1S/C10H24N2.BrH.H3N/c1-9(2,10(3,4)12)7-5-6-8-11;;/h5-8,11-12H2,1-4H3;1H;1H3. The third kappa shape index (κ3) is 6.76. The number of hydrogen-bond acceptors (Lipinski definition) is 3. The predicted octanol–water partition coefficient (Wildman–Crippen LogP) is 2.62. The summed E-state index contributed by atoms with van der Waals surface area (Å²) in [5, 5.41) is 0. The molecule has 0 saturated carbocycles. The van der Waals surface area contributed by atoms with E-state index in [0.717, 1.165) is 19.4 Å². The monoisotopic (exact) mass is 269 g/mol. The maximum atomic E-state index is 6.06. The van der Waals surface area contributed by atoms with E-state index >= 15 is 0 Å². The van der Waals surface area contributed by atoms with Crippen molar-refractivity contribution in [3.63, 3.8) is 0 Å². The Hall–Kier alpha value is 0.360. The predicted molar refractivity (Wildman–Crippen MR) is 70.3 cm³/mol. The molecule has 7 N–H and O–H groups in total. The van der Waals surface area contributed by atoms with Crippen LogP contribution < -0.4 is 17.6 Å². The average molecular weight is 270 g/mol. The van der Waals surface area contributed by atoms with E-state index in [0.29, 0.717) is 0 Å². The van der Waals surface area contributed by atoms with Crippen molar-refractivity contribution in [2.45, 2.75) is 52.5 Å². The molecule has 14 heavy (non-hydrogen) atoms. The summed E-state index contributed by atoms with van der Waals surface area (Å²) in [4.78, 5) is 0. The lowest BCUT2D eigenvalue weighted by Gasteiger charge is -2.38. The van der Waals surface area contributed by atoms with E-state index in [4.69, 9.17) is 11.5 Å². The van der Waals surface area contributed by atoms with E-state index < -0.39 is 0 Å². The van der Waals surface area contributed by atoms with Gasteiger partial charge in [-0.3, -0.25) is 0 Å². The minimum absolute atomic E-state index is 0. The molecule has 0 aliphatic heterocycles. The third-order valence-electron chi connectivity index (χ3n) is 3.00. The van der Waals surface area contributed by atoms with Gasteiger partial charge in [-0.05, 0) is 38.6 Å². The summed E-state index contributed by atoms with van der Waals surface area (Å²) in [5.74, 6) is 0. The van der Waals surface area contributed by atoms with Crippen LogP contribution >= 0.6 is 17.0 Å². The molecule has 3 nitrogen and oxygen atoms in total. The molecule has 0 atom stereocenters. The molecule has 0 spiro atoms. The molecule has 0 saturated heterocycles. The van der Waals surface area contributed by atoms with Crippen molar-refractivity contribution in [1.82, 2.24) is 6.15 Å². The first-order valence-electron chi connectivity index (χ1n) is 4.80. The zero-order valence-electron chi connectivity index (χ0n) is 10.1. The smallest absolute Gasteiger partial charge is 0.0148 e. The van der Waals surface area contributed by atoms with Crippen molar-refractivity contribution in [3.05, 3.63) is 0 Å². The second-order valence-electron chi connectivity index (χ2n) is 4.85. The minimum atomic E-state index is -0.0956. The van der Waals surface area contributed by atoms with E-state index in [-0.39, 0.29) is 34.1 Å². The van der Waals surface area contributed by atoms with Crippen LogP contribution in [0.1, 0.15) is 47.0 Å². The molecule has 0 aromatic carbocycles. The summed E-state index contributed by atoms with van der Waals surface area (Å²) in [7, 11) is 0. The molecular weight excluding hydrogens is 242 g/mol. The number of halogens is 1. The second-order valence-corrected chi connectivity index (χ2v) is 4.85. The van der Waals surface area contributed by atoms with Gasteiger partial charge in [0.2, 0.25) is 0 Å². The van der Waals surface area contributed by atoms with Crippen molar-refractivity contribution >= 4 is 17.0 Å². The van der Waals surface area contributed by atoms with Gasteiger partial charge in [-0.15, -0.1) is 17.0 Å². The Morgan fingerprint density at radius 1 is 1.00 bits per heavy atom. The summed E-state index contributed by atoms with van der Waals surface area (Å²) < 4.78 is 0. The first-order chi connectivity index (χ1) is 5.31. The lowest BCUT2D eigenvalue weighted by Crippen LogP contribution is -2.47. The second kappa shape index (κ2) is 7.63. The molecule has 0 unspecified atom stereocenters. The van der Waals surface area contributed by atoms with Gasteiger partial charge in [0.25, 0.3) is 0 Å². The fourth-order valence-corrected chi connectivity index (χ4v) is 1.03. The zero-order chi connectivity index (χ0) is 9.83. The normalized spacial score (nSPS) is 11.6. The molecule has 0 bridgehead atoms. The summed E-state index contributed by atoms with van der Waals surface area (Å²) in [6, 6.07) is 0. The van der Waals surface area contributed by atoms with Gasteiger partial charge >= 0.3 is 0 Å². The highest BCUT2D eigenvalue weighted by Crippen LogP contribution is 2.33. The fraction of sp³-hybridized carbons (Fsp3) is 1.00. The molecule has 90 valence electrons. The molecular formula is C10H28BrN3. The number of nitrogens with two attached hydrogens (primary N) is 2. The Balaban J connectivity index is -0.000000605. The van der Waals surface area contributed by atoms with Gasteiger partial charge < -0.3 is 17.6 Å². The van der Waals surface area contributed by atoms with E-state index in [1.807, 2.05) is 0 Å². The van der Waals surface area contributed by atoms with Crippen molar-refractivity contribution in [2.24, 2.45) is 16.9 Å². The van der Waals surface area contributed by atoms with Crippen molar-refractivity contribution < 1.29 is 0 Å². The molecule has 4 heteroatoms. The highest BCUT2D eigenvalue weighted by atomic mass is 79.9. The molecule has 0 radical (unpaired) electrons. The molecule has 0 aromatic rings. The van der Waals surface area contributed by atoms with Crippen LogP contribution in [0.15, 0.2) is 0 Å².